The third kappa shape index (κ3) is 2.60. The van der Waals surface area contributed by atoms with Crippen LogP contribution in [0, 0.1) is 6.92 Å². The van der Waals surface area contributed by atoms with Crippen molar-refractivity contribution < 1.29 is 0 Å². The number of hydrogen-bond acceptors (Lipinski definition) is 2. The summed E-state index contributed by atoms with van der Waals surface area (Å²) in [6.45, 7) is 9.80. The molecule has 1 fully saturated rings. The zero-order valence-electron chi connectivity index (χ0n) is 11.9. The van der Waals surface area contributed by atoms with Crippen molar-refractivity contribution in [3.63, 3.8) is 0 Å². The fourth-order valence-electron chi connectivity index (χ4n) is 2.99. The van der Waals surface area contributed by atoms with Crippen molar-refractivity contribution in [2.45, 2.75) is 45.1 Å². The summed E-state index contributed by atoms with van der Waals surface area (Å²) in [6.07, 6.45) is 2.37. The molecule has 18 heavy (non-hydrogen) atoms. The van der Waals surface area contributed by atoms with Crippen LogP contribution in [-0.2, 0) is 5.41 Å². The summed E-state index contributed by atoms with van der Waals surface area (Å²) < 4.78 is 0. The van der Waals surface area contributed by atoms with E-state index in [4.69, 9.17) is 5.73 Å². The molecule has 1 aliphatic heterocycles. The van der Waals surface area contributed by atoms with Gasteiger partial charge >= 0.3 is 0 Å². The Bertz CT molecular complexity index is 373. The van der Waals surface area contributed by atoms with Gasteiger partial charge in [0.1, 0.15) is 0 Å². The molecule has 2 rings (SSSR count). The molecule has 0 bridgehead atoms. The van der Waals surface area contributed by atoms with Crippen LogP contribution < -0.4 is 5.73 Å². The van der Waals surface area contributed by atoms with Crippen LogP contribution in [0.5, 0.6) is 0 Å². The van der Waals surface area contributed by atoms with Crippen LogP contribution in [0.25, 0.3) is 0 Å². The van der Waals surface area contributed by atoms with Gasteiger partial charge in [0.25, 0.3) is 0 Å². The molecule has 1 aromatic rings. The van der Waals surface area contributed by atoms with Crippen molar-refractivity contribution in [3.05, 3.63) is 35.4 Å². The highest BCUT2D eigenvalue weighted by atomic mass is 15.2. The summed E-state index contributed by atoms with van der Waals surface area (Å²) in [6, 6.07) is 9.61. The van der Waals surface area contributed by atoms with Gasteiger partial charge in [0.05, 0.1) is 0 Å². The number of nitrogens with two attached hydrogens (primary N) is 1. The average Bonchev–Trinajstić information content (AvgIpc) is 2.39. The number of piperidine rings is 1. The molecule has 0 saturated carbocycles. The largest absolute Gasteiger partial charge is 0.330 e. The van der Waals surface area contributed by atoms with Crippen LogP contribution in [0.4, 0.5) is 0 Å². The minimum Gasteiger partial charge on any atom is -0.330 e. The van der Waals surface area contributed by atoms with Crippen LogP contribution in [0.15, 0.2) is 24.3 Å². The second-order valence-electron chi connectivity index (χ2n) is 5.98. The van der Waals surface area contributed by atoms with Gasteiger partial charge in [-0.3, -0.25) is 0 Å². The highest BCUT2D eigenvalue weighted by molar-refractivity contribution is 5.30. The number of hydrogen-bond donors (Lipinski definition) is 1. The predicted molar refractivity (Wildman–Crippen MR) is 77.9 cm³/mol. The third-order valence-electron chi connectivity index (χ3n) is 4.54. The number of rotatable bonds is 3. The summed E-state index contributed by atoms with van der Waals surface area (Å²) in [5, 5.41) is 0. The van der Waals surface area contributed by atoms with E-state index in [1.807, 2.05) is 0 Å². The van der Waals surface area contributed by atoms with E-state index >= 15 is 0 Å². The fraction of sp³-hybridized carbons (Fsp3) is 0.625. The Balaban J connectivity index is 2.16. The normalized spacial score (nSPS) is 20.3. The molecule has 0 aliphatic carbocycles. The van der Waals surface area contributed by atoms with Crippen LogP contribution in [0.1, 0.15) is 37.8 Å². The maximum absolute atomic E-state index is 6.11. The summed E-state index contributed by atoms with van der Waals surface area (Å²) in [5.41, 5.74) is 9.07. The van der Waals surface area contributed by atoms with Crippen molar-refractivity contribution in [3.8, 4) is 0 Å². The van der Waals surface area contributed by atoms with E-state index < -0.39 is 0 Å². The van der Waals surface area contributed by atoms with Gasteiger partial charge in [0.2, 0.25) is 0 Å². The Hall–Kier alpha value is -0.860. The molecule has 2 heteroatoms. The number of likely N-dealkylation sites (tertiary alicyclic amines) is 1. The van der Waals surface area contributed by atoms with Gasteiger partial charge in [-0.15, -0.1) is 0 Å². The SMILES string of the molecule is Cc1ccc(C2(CN)CCN(C(C)C)CC2)cc1. The summed E-state index contributed by atoms with van der Waals surface area (Å²) in [5.74, 6) is 0. The molecular weight excluding hydrogens is 220 g/mol. The molecule has 2 N–H and O–H groups in total. The van der Waals surface area contributed by atoms with Gasteiger partial charge in [0, 0.05) is 18.0 Å². The summed E-state index contributed by atoms with van der Waals surface area (Å²) >= 11 is 0. The van der Waals surface area contributed by atoms with Gasteiger partial charge in [-0.25, -0.2) is 0 Å². The minimum atomic E-state index is 0.207. The van der Waals surface area contributed by atoms with Gasteiger partial charge < -0.3 is 10.6 Å². The smallest absolute Gasteiger partial charge is 0.00998 e. The van der Waals surface area contributed by atoms with Crippen LogP contribution in [0.3, 0.4) is 0 Å². The average molecular weight is 246 g/mol. The van der Waals surface area contributed by atoms with Gasteiger partial charge in [-0.1, -0.05) is 29.8 Å². The second-order valence-corrected chi connectivity index (χ2v) is 5.98. The van der Waals surface area contributed by atoms with Crippen molar-refractivity contribution in [2.24, 2.45) is 5.73 Å². The summed E-state index contributed by atoms with van der Waals surface area (Å²) in [7, 11) is 0. The van der Waals surface area contributed by atoms with E-state index in [0.717, 1.165) is 6.54 Å². The highest BCUT2D eigenvalue weighted by Crippen LogP contribution is 2.35. The zero-order valence-corrected chi connectivity index (χ0v) is 11.9. The van der Waals surface area contributed by atoms with Gasteiger partial charge in [-0.05, 0) is 52.3 Å². The van der Waals surface area contributed by atoms with Crippen molar-refractivity contribution in [2.75, 3.05) is 19.6 Å². The fourth-order valence-corrected chi connectivity index (χ4v) is 2.99. The molecule has 0 amide bonds. The lowest BCUT2D eigenvalue weighted by atomic mass is 9.72. The van der Waals surface area contributed by atoms with Crippen LogP contribution >= 0.6 is 0 Å². The molecule has 0 aromatic heterocycles. The van der Waals surface area contributed by atoms with E-state index in [1.54, 1.807) is 0 Å². The maximum Gasteiger partial charge on any atom is 0.00998 e. The lowest BCUT2D eigenvalue weighted by Crippen LogP contribution is -2.48. The highest BCUT2D eigenvalue weighted by Gasteiger charge is 2.35. The van der Waals surface area contributed by atoms with Crippen molar-refractivity contribution in [1.29, 1.82) is 0 Å². The monoisotopic (exact) mass is 246 g/mol. The van der Waals surface area contributed by atoms with E-state index in [2.05, 4.69) is 49.9 Å². The lowest BCUT2D eigenvalue weighted by Gasteiger charge is -2.43. The quantitative estimate of drug-likeness (QED) is 0.888. The Kier molecular flexibility index (Phi) is 4.08. The molecule has 1 saturated heterocycles. The molecule has 1 aliphatic rings. The third-order valence-corrected chi connectivity index (χ3v) is 4.54. The van der Waals surface area contributed by atoms with E-state index in [1.165, 1.54) is 37.1 Å². The Morgan fingerprint density at radius 2 is 1.72 bits per heavy atom. The molecule has 1 heterocycles. The van der Waals surface area contributed by atoms with Crippen molar-refractivity contribution in [1.82, 2.24) is 4.90 Å². The van der Waals surface area contributed by atoms with E-state index in [-0.39, 0.29) is 5.41 Å². The molecule has 2 nitrogen and oxygen atoms in total. The number of nitrogens with zero attached hydrogens (tertiary/aromatic N) is 1. The molecule has 0 unspecified atom stereocenters. The predicted octanol–water partition coefficient (Wildman–Crippen LogP) is 2.70. The van der Waals surface area contributed by atoms with E-state index in [0.29, 0.717) is 6.04 Å². The first-order chi connectivity index (χ1) is 8.57. The Labute approximate surface area is 111 Å². The van der Waals surface area contributed by atoms with Gasteiger partial charge in [0.15, 0.2) is 0 Å². The first-order valence-electron chi connectivity index (χ1n) is 7.09. The van der Waals surface area contributed by atoms with Crippen LogP contribution in [-0.4, -0.2) is 30.6 Å². The van der Waals surface area contributed by atoms with E-state index in [9.17, 15) is 0 Å². The molecule has 0 radical (unpaired) electrons. The molecule has 100 valence electrons. The minimum absolute atomic E-state index is 0.207. The first kappa shape index (κ1) is 13.6. The zero-order chi connectivity index (χ0) is 13.2. The topological polar surface area (TPSA) is 29.3 Å². The Morgan fingerprint density at radius 3 is 2.17 bits per heavy atom. The lowest BCUT2D eigenvalue weighted by molar-refractivity contribution is 0.132. The van der Waals surface area contributed by atoms with Gasteiger partial charge in [-0.2, -0.15) is 0 Å². The second kappa shape index (κ2) is 5.41. The number of benzene rings is 1. The molecule has 1 aromatic carbocycles. The number of aryl methyl sites for hydroxylation is 1. The maximum atomic E-state index is 6.11. The first-order valence-corrected chi connectivity index (χ1v) is 7.09. The molecule has 0 spiro atoms. The molecular formula is C16H26N2. The van der Waals surface area contributed by atoms with Crippen LogP contribution in [0.2, 0.25) is 0 Å². The van der Waals surface area contributed by atoms with Crippen molar-refractivity contribution >= 4 is 0 Å². The summed E-state index contributed by atoms with van der Waals surface area (Å²) in [4.78, 5) is 2.56. The molecule has 0 atom stereocenters. The standard InChI is InChI=1S/C16H26N2/c1-13(2)18-10-8-16(12-17,9-11-18)15-6-4-14(3)5-7-15/h4-7,13H,8-12,17H2,1-3H3. The Morgan fingerprint density at radius 1 is 1.17 bits per heavy atom.